The number of urea groups is 1. The molecule has 11 nitrogen and oxygen atoms in total. The molecule has 3 amide bonds. The number of nitrogens with one attached hydrogen (secondary N) is 2. The average molecular weight is 546 g/mol. The van der Waals surface area contributed by atoms with Crippen LogP contribution in [0.2, 0.25) is 5.02 Å². The molecular formula is C26H32ClN5O6. The summed E-state index contributed by atoms with van der Waals surface area (Å²) in [5.41, 5.74) is 9.99. The number of nitrogens with zero attached hydrogens (tertiary/aromatic N) is 2. The number of amidine groups is 1. The van der Waals surface area contributed by atoms with Crippen molar-refractivity contribution in [1.29, 1.82) is 0 Å². The quantitative estimate of drug-likeness (QED) is 0.276. The summed E-state index contributed by atoms with van der Waals surface area (Å²) in [7, 11) is 2.94. The molecule has 0 aromatic heterocycles. The number of imide groups is 1. The fourth-order valence-electron chi connectivity index (χ4n) is 4.31. The minimum atomic E-state index is -1.14. The molecule has 2 aromatic rings. The second-order valence-electron chi connectivity index (χ2n) is 8.82. The Morgan fingerprint density at radius 1 is 1.26 bits per heavy atom. The van der Waals surface area contributed by atoms with E-state index in [0.29, 0.717) is 35.0 Å². The molecule has 0 bridgehead atoms. The van der Waals surface area contributed by atoms with Crippen molar-refractivity contribution in [3.05, 3.63) is 58.1 Å². The number of carbonyl (C=O) groups excluding carboxylic acids is 2. The first-order valence-corrected chi connectivity index (χ1v) is 12.5. The van der Waals surface area contributed by atoms with Gasteiger partial charge in [0, 0.05) is 10.7 Å². The first-order valence-electron chi connectivity index (χ1n) is 12.1. The van der Waals surface area contributed by atoms with Crippen LogP contribution in [0.5, 0.6) is 5.75 Å². The van der Waals surface area contributed by atoms with Crippen molar-refractivity contribution < 1.29 is 29.1 Å². The van der Waals surface area contributed by atoms with Gasteiger partial charge in [-0.25, -0.2) is 9.59 Å². The number of anilines is 1. The lowest BCUT2D eigenvalue weighted by atomic mass is 9.97. The van der Waals surface area contributed by atoms with Crippen molar-refractivity contribution in [3.63, 3.8) is 0 Å². The van der Waals surface area contributed by atoms with E-state index in [1.165, 1.54) is 26.4 Å². The van der Waals surface area contributed by atoms with Crippen molar-refractivity contribution in [2.24, 2.45) is 10.9 Å². The van der Waals surface area contributed by atoms with Crippen LogP contribution >= 0.6 is 11.6 Å². The van der Waals surface area contributed by atoms with E-state index >= 15 is 0 Å². The Kier molecular flexibility index (Phi) is 9.91. The number of carbonyl (C=O) groups is 3. The number of halogens is 1. The molecule has 2 aromatic carbocycles. The molecule has 3 rings (SSSR count). The van der Waals surface area contributed by atoms with Gasteiger partial charge in [0.05, 0.1) is 44.8 Å². The van der Waals surface area contributed by atoms with Gasteiger partial charge in [-0.1, -0.05) is 31.0 Å². The topological polar surface area (TPSA) is 156 Å². The molecule has 38 heavy (non-hydrogen) atoms. The summed E-state index contributed by atoms with van der Waals surface area (Å²) in [5.74, 6) is -1.33. The molecular weight excluding hydrogens is 514 g/mol. The van der Waals surface area contributed by atoms with Gasteiger partial charge in [0.25, 0.3) is 0 Å². The number of hydrogen-bond acceptors (Lipinski definition) is 8. The smallest absolute Gasteiger partial charge is 0.337 e. The molecule has 5 N–H and O–H groups in total. The molecule has 1 aliphatic heterocycles. The Balaban J connectivity index is 1.88. The van der Waals surface area contributed by atoms with Crippen LogP contribution in [0.15, 0.2) is 41.4 Å². The van der Waals surface area contributed by atoms with Gasteiger partial charge < -0.3 is 20.9 Å². The fraction of sp³-hybridized carbons (Fsp3) is 0.385. The molecule has 12 heteroatoms. The molecule has 1 aliphatic rings. The monoisotopic (exact) mass is 545 g/mol. The molecule has 0 saturated heterocycles. The number of methoxy groups -OCH3 is 1. The Morgan fingerprint density at radius 3 is 2.66 bits per heavy atom. The fourth-order valence-corrected chi connectivity index (χ4v) is 4.50. The van der Waals surface area contributed by atoms with Crippen LogP contribution in [0, 0.1) is 5.92 Å². The van der Waals surface area contributed by atoms with Crippen LogP contribution in [0.1, 0.15) is 47.3 Å². The highest BCUT2D eigenvalue weighted by Crippen LogP contribution is 2.28. The van der Waals surface area contributed by atoms with Gasteiger partial charge in [-0.05, 0) is 54.3 Å². The highest BCUT2D eigenvalue weighted by atomic mass is 35.5. The third kappa shape index (κ3) is 6.93. The summed E-state index contributed by atoms with van der Waals surface area (Å²) < 4.78 is 5.43. The number of hydroxylamine groups is 1. The van der Waals surface area contributed by atoms with Gasteiger partial charge in [0.2, 0.25) is 5.91 Å². The first-order chi connectivity index (χ1) is 18.2. The summed E-state index contributed by atoms with van der Waals surface area (Å²) in [6.07, 6.45) is 1.51. The number of amides is 3. The third-order valence-electron chi connectivity index (χ3n) is 6.18. The lowest BCUT2D eigenvalue weighted by molar-refractivity contribution is -0.131. The van der Waals surface area contributed by atoms with Gasteiger partial charge in [-0.3, -0.25) is 25.0 Å². The van der Waals surface area contributed by atoms with E-state index in [4.69, 9.17) is 26.9 Å². The van der Waals surface area contributed by atoms with Crippen LogP contribution < -0.4 is 21.3 Å². The number of ether oxygens (including phenoxy) is 1. The normalized spacial score (nSPS) is 16.3. The standard InChI is InChI=1S/C26H32ClN5O6/c1-4-5-21(15-6-8-19(25(34)35)20(28)12-15)30-26(36)32-14-23(31-38-3)29-13-17(24(32)33)10-16-11-18(27)7-9-22(16)37-2/h6-9,11-12,17,21H,4-5,10,13-14,28H2,1-3H3,(H,29,31)(H,30,36)(H,34,35)/t17-,21?/m0/s1. The molecule has 2 atom stereocenters. The lowest BCUT2D eigenvalue weighted by Gasteiger charge is -2.27. The molecule has 0 aliphatic carbocycles. The predicted molar refractivity (Wildman–Crippen MR) is 143 cm³/mol. The number of carboxylic acids is 1. The molecule has 0 radical (unpaired) electrons. The van der Waals surface area contributed by atoms with E-state index in [-0.39, 0.29) is 30.8 Å². The second-order valence-corrected chi connectivity index (χ2v) is 9.25. The summed E-state index contributed by atoms with van der Waals surface area (Å²) >= 11 is 6.18. The zero-order valence-corrected chi connectivity index (χ0v) is 22.2. The minimum absolute atomic E-state index is 0.0243. The number of benzene rings is 2. The number of carboxylic acid groups (broad SMARTS) is 1. The van der Waals surface area contributed by atoms with Crippen molar-refractivity contribution in [2.75, 3.05) is 33.0 Å². The second kappa shape index (κ2) is 13.1. The number of rotatable bonds is 9. The molecule has 0 fully saturated rings. The van der Waals surface area contributed by atoms with Gasteiger partial charge in [-0.2, -0.15) is 0 Å². The molecule has 0 saturated carbocycles. The molecule has 204 valence electrons. The maximum Gasteiger partial charge on any atom is 0.337 e. The van der Waals surface area contributed by atoms with Crippen molar-refractivity contribution in [2.45, 2.75) is 32.2 Å². The Morgan fingerprint density at radius 2 is 2.03 bits per heavy atom. The molecule has 0 spiro atoms. The first kappa shape index (κ1) is 28.7. The minimum Gasteiger partial charge on any atom is -0.496 e. The predicted octanol–water partition coefficient (Wildman–Crippen LogP) is 3.43. The van der Waals surface area contributed by atoms with Crippen molar-refractivity contribution in [1.82, 2.24) is 15.7 Å². The number of aromatic carboxylic acids is 1. The van der Waals surface area contributed by atoms with Crippen LogP contribution in [-0.4, -0.2) is 61.1 Å². The van der Waals surface area contributed by atoms with Crippen LogP contribution in [0.25, 0.3) is 0 Å². The summed E-state index contributed by atoms with van der Waals surface area (Å²) in [4.78, 5) is 49.0. The summed E-state index contributed by atoms with van der Waals surface area (Å²) in [6.45, 7) is 1.95. The zero-order valence-electron chi connectivity index (χ0n) is 21.5. The third-order valence-corrected chi connectivity index (χ3v) is 6.42. The van der Waals surface area contributed by atoms with E-state index < -0.39 is 29.9 Å². The largest absolute Gasteiger partial charge is 0.496 e. The van der Waals surface area contributed by atoms with Crippen LogP contribution in [-0.2, 0) is 16.1 Å². The summed E-state index contributed by atoms with van der Waals surface area (Å²) in [5, 5.41) is 12.7. The van der Waals surface area contributed by atoms with E-state index in [9.17, 15) is 19.5 Å². The number of aliphatic imine (C=N–C) groups is 1. The average Bonchev–Trinajstić information content (AvgIpc) is 3.03. The van der Waals surface area contributed by atoms with Crippen LogP contribution in [0.4, 0.5) is 10.5 Å². The van der Waals surface area contributed by atoms with E-state index in [0.717, 1.165) is 10.5 Å². The highest BCUT2D eigenvalue weighted by molar-refractivity contribution is 6.30. The maximum absolute atomic E-state index is 13.6. The van der Waals surface area contributed by atoms with Gasteiger partial charge in [0.15, 0.2) is 0 Å². The number of nitrogen functional groups attached to an aromatic ring is 1. The zero-order chi connectivity index (χ0) is 27.8. The molecule has 1 heterocycles. The summed E-state index contributed by atoms with van der Waals surface area (Å²) in [6, 6.07) is 8.56. The number of hydrogen-bond donors (Lipinski definition) is 4. The van der Waals surface area contributed by atoms with Crippen LogP contribution in [0.3, 0.4) is 0 Å². The SMILES string of the molecule is CCCC(NC(=O)N1CC(NOC)=NC[C@H](Cc2cc(Cl)ccc2OC)C1=O)c1ccc(C(=O)O)c(N)c1. The van der Waals surface area contributed by atoms with Gasteiger partial charge in [0.1, 0.15) is 11.6 Å². The van der Waals surface area contributed by atoms with E-state index in [2.05, 4.69) is 15.8 Å². The van der Waals surface area contributed by atoms with Gasteiger partial charge in [-0.15, -0.1) is 0 Å². The van der Waals surface area contributed by atoms with E-state index in [1.54, 1.807) is 24.3 Å². The maximum atomic E-state index is 13.6. The Labute approximate surface area is 225 Å². The Hall–Kier alpha value is -3.83. The molecule has 1 unspecified atom stereocenters. The van der Waals surface area contributed by atoms with Gasteiger partial charge >= 0.3 is 12.0 Å². The Bertz CT molecular complexity index is 1220. The van der Waals surface area contributed by atoms with E-state index in [1.807, 2.05) is 6.92 Å². The number of nitrogens with two attached hydrogens (primary N) is 1. The van der Waals surface area contributed by atoms with Crippen molar-refractivity contribution >= 4 is 41.0 Å². The van der Waals surface area contributed by atoms with Crippen molar-refractivity contribution in [3.8, 4) is 5.75 Å². The lowest BCUT2D eigenvalue weighted by Crippen LogP contribution is -2.50. The highest BCUT2D eigenvalue weighted by Gasteiger charge is 2.34.